The van der Waals surface area contributed by atoms with Crippen molar-refractivity contribution in [3.8, 4) is 0 Å². The van der Waals surface area contributed by atoms with Gasteiger partial charge in [0.1, 0.15) is 12.3 Å². The van der Waals surface area contributed by atoms with E-state index in [0.717, 1.165) is 22.5 Å². The smallest absolute Gasteiger partial charge is 0.331 e. The summed E-state index contributed by atoms with van der Waals surface area (Å²) in [5.41, 5.74) is 9.59. The Hall–Kier alpha value is -3.87. The highest BCUT2D eigenvalue weighted by atomic mass is 16.6. The number of hydrogen-bond acceptors (Lipinski definition) is 6. The molecule has 1 amide bonds. The second-order valence-electron chi connectivity index (χ2n) is 9.87. The lowest BCUT2D eigenvalue weighted by molar-refractivity contribution is -0.148. The van der Waals surface area contributed by atoms with Gasteiger partial charge >= 0.3 is 5.97 Å². The molecule has 7 nitrogen and oxygen atoms in total. The Morgan fingerprint density at radius 2 is 2.00 bits per heavy atom. The maximum atomic E-state index is 12.1. The molecule has 0 radical (unpaired) electrons. The van der Waals surface area contributed by atoms with E-state index in [1.807, 2.05) is 68.3 Å². The molecule has 3 aliphatic rings. The van der Waals surface area contributed by atoms with Crippen LogP contribution in [-0.4, -0.2) is 41.4 Å². The summed E-state index contributed by atoms with van der Waals surface area (Å²) in [5.74, 6) is -0.677. The predicted molar refractivity (Wildman–Crippen MR) is 139 cm³/mol. The second-order valence-corrected chi connectivity index (χ2v) is 9.87. The molecule has 0 saturated heterocycles. The summed E-state index contributed by atoms with van der Waals surface area (Å²) in [7, 11) is 0. The molecule has 1 aromatic carbocycles. The number of carbonyl (C=O) groups excluding carboxylic acids is 2. The van der Waals surface area contributed by atoms with Crippen molar-refractivity contribution in [1.29, 1.82) is 0 Å². The third-order valence-electron chi connectivity index (χ3n) is 6.02. The molecule has 182 valence electrons. The fraction of sp³-hybridized carbons (Fsp3) is 0.321. The standard InChI is InChI=1S/C28H32N4O3/c1-27(2,3)35-26(34)16-13-21-8-4-5-10-23(21)30-19-32-18-28-17-7-6-9-22(28)20(12-15-25(29)33)11-14-24(28)31-32/h4-11,13-14,16-17,30H,12,15,18-19H2,1-3H3,(H2,29,33)/b16-13+. The number of nitrogens with one attached hydrogen (secondary N) is 1. The maximum absolute atomic E-state index is 12.1. The topological polar surface area (TPSA) is 97.0 Å². The third kappa shape index (κ3) is 5.62. The van der Waals surface area contributed by atoms with Gasteiger partial charge in [-0.2, -0.15) is 5.10 Å². The second kappa shape index (κ2) is 9.78. The van der Waals surface area contributed by atoms with Crippen molar-refractivity contribution in [3.05, 3.63) is 83.5 Å². The van der Waals surface area contributed by atoms with Crippen molar-refractivity contribution >= 4 is 29.4 Å². The van der Waals surface area contributed by atoms with Crippen molar-refractivity contribution < 1.29 is 14.3 Å². The van der Waals surface area contributed by atoms with Gasteiger partial charge in [0.25, 0.3) is 0 Å². The Morgan fingerprint density at radius 1 is 1.20 bits per heavy atom. The summed E-state index contributed by atoms with van der Waals surface area (Å²) in [4.78, 5) is 23.4. The molecule has 0 fully saturated rings. The molecular weight excluding hydrogens is 440 g/mol. The molecule has 2 aliphatic carbocycles. The maximum Gasteiger partial charge on any atom is 0.331 e. The van der Waals surface area contributed by atoms with Crippen LogP contribution in [0.4, 0.5) is 5.69 Å². The number of benzene rings is 1. The van der Waals surface area contributed by atoms with Crippen LogP contribution >= 0.6 is 0 Å². The Balaban J connectivity index is 1.46. The summed E-state index contributed by atoms with van der Waals surface area (Å²) >= 11 is 0. The molecule has 35 heavy (non-hydrogen) atoms. The Kier molecular flexibility index (Phi) is 6.78. The van der Waals surface area contributed by atoms with Gasteiger partial charge in [0, 0.05) is 18.2 Å². The van der Waals surface area contributed by atoms with Gasteiger partial charge in [-0.05, 0) is 62.1 Å². The zero-order chi connectivity index (χ0) is 25.1. The average Bonchev–Trinajstić information content (AvgIpc) is 3.16. The van der Waals surface area contributed by atoms with Crippen LogP contribution < -0.4 is 11.1 Å². The van der Waals surface area contributed by atoms with Gasteiger partial charge in [-0.15, -0.1) is 0 Å². The number of nitrogens with zero attached hydrogens (tertiary/aromatic N) is 2. The highest BCUT2D eigenvalue weighted by molar-refractivity contribution is 6.07. The molecule has 1 aromatic rings. The van der Waals surface area contributed by atoms with Crippen molar-refractivity contribution in [3.63, 3.8) is 0 Å². The number of hydrazone groups is 1. The number of amides is 1. The van der Waals surface area contributed by atoms with Crippen LogP contribution in [0.15, 0.2) is 83.0 Å². The highest BCUT2D eigenvalue weighted by Gasteiger charge is 2.45. The molecule has 3 N–H and O–H groups in total. The molecule has 1 heterocycles. The normalized spacial score (nSPS) is 20.7. The van der Waals surface area contributed by atoms with Gasteiger partial charge in [-0.25, -0.2) is 4.79 Å². The molecule has 0 saturated carbocycles. The summed E-state index contributed by atoms with van der Waals surface area (Å²) in [5, 5.41) is 10.3. The highest BCUT2D eigenvalue weighted by Crippen LogP contribution is 2.45. The number of ether oxygens (including phenoxy) is 1. The number of carbonyl (C=O) groups is 2. The molecule has 7 heteroatoms. The van der Waals surface area contributed by atoms with E-state index in [9.17, 15) is 9.59 Å². The quantitative estimate of drug-likeness (QED) is 0.434. The number of allylic oxidation sites excluding steroid dienone is 6. The first-order valence-electron chi connectivity index (χ1n) is 11.8. The lowest BCUT2D eigenvalue weighted by Gasteiger charge is -2.34. The monoisotopic (exact) mass is 472 g/mol. The molecule has 0 aromatic heterocycles. The van der Waals surface area contributed by atoms with Crippen LogP contribution in [0, 0.1) is 5.41 Å². The van der Waals surface area contributed by atoms with E-state index in [0.29, 0.717) is 26.1 Å². The Morgan fingerprint density at radius 3 is 2.77 bits per heavy atom. The van der Waals surface area contributed by atoms with Crippen molar-refractivity contribution in [2.75, 3.05) is 18.5 Å². The fourth-order valence-electron chi connectivity index (χ4n) is 4.50. The lowest BCUT2D eigenvalue weighted by atomic mass is 9.69. The van der Waals surface area contributed by atoms with E-state index in [1.54, 1.807) is 6.08 Å². The third-order valence-corrected chi connectivity index (χ3v) is 6.02. The first kappa shape index (κ1) is 24.3. The number of primary amides is 1. The van der Waals surface area contributed by atoms with Gasteiger partial charge in [0.2, 0.25) is 5.91 Å². The van der Waals surface area contributed by atoms with Crippen LogP contribution in [0.3, 0.4) is 0 Å². The summed E-state index contributed by atoms with van der Waals surface area (Å²) in [6.07, 6.45) is 16.6. The minimum absolute atomic E-state index is 0.299. The number of anilines is 1. The van der Waals surface area contributed by atoms with E-state index >= 15 is 0 Å². The van der Waals surface area contributed by atoms with E-state index in [4.69, 9.17) is 15.6 Å². The molecule has 1 atom stereocenters. The van der Waals surface area contributed by atoms with Crippen LogP contribution in [0.5, 0.6) is 0 Å². The Bertz CT molecular complexity index is 1200. The van der Waals surface area contributed by atoms with Crippen molar-refractivity contribution in [2.45, 2.75) is 39.2 Å². The Labute approximate surface area is 206 Å². The van der Waals surface area contributed by atoms with Gasteiger partial charge in [-0.3, -0.25) is 9.80 Å². The number of esters is 1. The van der Waals surface area contributed by atoms with E-state index in [1.165, 1.54) is 11.6 Å². The predicted octanol–water partition coefficient (Wildman–Crippen LogP) is 4.33. The lowest BCUT2D eigenvalue weighted by Crippen LogP contribution is -2.37. The van der Waals surface area contributed by atoms with Crippen molar-refractivity contribution in [2.24, 2.45) is 16.3 Å². The minimum atomic E-state index is -0.533. The summed E-state index contributed by atoms with van der Waals surface area (Å²) in [6.45, 7) is 6.72. The van der Waals surface area contributed by atoms with E-state index in [2.05, 4.69) is 23.5 Å². The zero-order valence-electron chi connectivity index (χ0n) is 20.5. The molecule has 1 unspecified atom stereocenters. The van der Waals surface area contributed by atoms with E-state index in [-0.39, 0.29) is 17.3 Å². The largest absolute Gasteiger partial charge is 0.457 e. The van der Waals surface area contributed by atoms with Crippen LogP contribution in [0.25, 0.3) is 6.08 Å². The SMILES string of the molecule is CC(C)(C)OC(=O)/C=C/c1ccccc1NCN1CC23C=CC=CC2=C(CCC(N)=O)C=CC3=N1. The zero-order valence-corrected chi connectivity index (χ0v) is 20.5. The summed E-state index contributed by atoms with van der Waals surface area (Å²) in [6, 6.07) is 7.80. The minimum Gasteiger partial charge on any atom is -0.457 e. The van der Waals surface area contributed by atoms with Crippen LogP contribution in [0.2, 0.25) is 0 Å². The number of rotatable bonds is 8. The van der Waals surface area contributed by atoms with Crippen LogP contribution in [0.1, 0.15) is 39.2 Å². The van der Waals surface area contributed by atoms with Crippen LogP contribution in [-0.2, 0) is 14.3 Å². The average molecular weight is 473 g/mol. The first-order chi connectivity index (χ1) is 16.7. The van der Waals surface area contributed by atoms with Gasteiger partial charge in [0.15, 0.2) is 0 Å². The number of hydrogen-bond donors (Lipinski definition) is 2. The molecule has 1 spiro atoms. The van der Waals surface area contributed by atoms with Gasteiger partial charge in [0.05, 0.1) is 17.7 Å². The van der Waals surface area contributed by atoms with Gasteiger partial charge < -0.3 is 15.8 Å². The molecule has 4 rings (SSSR count). The van der Waals surface area contributed by atoms with E-state index < -0.39 is 5.60 Å². The summed E-state index contributed by atoms with van der Waals surface area (Å²) < 4.78 is 5.36. The number of nitrogens with two attached hydrogens (primary N) is 1. The fourth-order valence-corrected chi connectivity index (χ4v) is 4.50. The van der Waals surface area contributed by atoms with Crippen molar-refractivity contribution in [1.82, 2.24) is 5.01 Å². The molecular formula is C28H32N4O3. The number of para-hydroxylation sites is 1. The molecule has 0 bridgehead atoms. The first-order valence-corrected chi connectivity index (χ1v) is 11.8. The van der Waals surface area contributed by atoms with Gasteiger partial charge in [-0.1, -0.05) is 48.6 Å². The molecule has 1 aliphatic heterocycles.